The molecule has 1 aromatic heterocycles. The summed E-state index contributed by atoms with van der Waals surface area (Å²) in [6.45, 7) is 2.97. The van der Waals surface area contributed by atoms with Gasteiger partial charge in [0.25, 0.3) is 5.91 Å². The summed E-state index contributed by atoms with van der Waals surface area (Å²) in [5, 5.41) is 3.99. The molecule has 0 unspecified atom stereocenters. The Balaban J connectivity index is 1.64. The van der Waals surface area contributed by atoms with E-state index in [1.54, 1.807) is 4.90 Å². The maximum Gasteiger partial charge on any atom is 0.263 e. The number of carbonyl (C=O) groups is 2. The molecule has 2 amide bonds. The highest BCUT2D eigenvalue weighted by molar-refractivity contribution is 7.21. The van der Waals surface area contributed by atoms with Crippen LogP contribution in [0.25, 0.3) is 10.1 Å². The molecule has 0 aliphatic rings. The molecule has 6 heteroatoms. The highest BCUT2D eigenvalue weighted by Gasteiger charge is 2.19. The summed E-state index contributed by atoms with van der Waals surface area (Å²) < 4.78 is 0.952. The minimum atomic E-state index is -0.319. The van der Waals surface area contributed by atoms with Crippen molar-refractivity contribution in [3.63, 3.8) is 0 Å². The molecule has 0 bridgehead atoms. The fourth-order valence-corrected chi connectivity index (χ4v) is 4.12. The molecule has 1 N–H and O–H groups in total. The normalized spacial score (nSPS) is 10.7. The van der Waals surface area contributed by atoms with E-state index in [0.29, 0.717) is 23.0 Å². The molecule has 0 radical (unpaired) electrons. The zero-order valence-corrected chi connectivity index (χ0v) is 15.9. The average molecular weight is 387 g/mol. The van der Waals surface area contributed by atoms with E-state index in [0.717, 1.165) is 15.6 Å². The van der Waals surface area contributed by atoms with E-state index in [9.17, 15) is 9.59 Å². The van der Waals surface area contributed by atoms with Crippen molar-refractivity contribution in [2.75, 3.05) is 13.1 Å². The van der Waals surface area contributed by atoms with Gasteiger partial charge >= 0.3 is 0 Å². The summed E-state index contributed by atoms with van der Waals surface area (Å²) in [6, 6.07) is 17.4. The van der Waals surface area contributed by atoms with Gasteiger partial charge in [0.15, 0.2) is 0 Å². The van der Waals surface area contributed by atoms with Crippen LogP contribution in [0.15, 0.2) is 54.6 Å². The van der Waals surface area contributed by atoms with Gasteiger partial charge in [-0.1, -0.05) is 60.1 Å². The third kappa shape index (κ3) is 4.06. The quantitative estimate of drug-likeness (QED) is 0.685. The predicted molar refractivity (Wildman–Crippen MR) is 107 cm³/mol. The molecule has 3 rings (SSSR count). The van der Waals surface area contributed by atoms with Crippen molar-refractivity contribution in [2.24, 2.45) is 0 Å². The van der Waals surface area contributed by atoms with E-state index in [1.807, 2.05) is 61.5 Å². The number of amides is 2. The Morgan fingerprint density at radius 1 is 1.08 bits per heavy atom. The Kier molecular flexibility index (Phi) is 5.91. The van der Waals surface area contributed by atoms with E-state index in [1.165, 1.54) is 11.3 Å². The van der Waals surface area contributed by atoms with Crippen LogP contribution in [0.5, 0.6) is 0 Å². The number of thiophene rings is 1. The number of hydrogen-bond acceptors (Lipinski definition) is 3. The van der Waals surface area contributed by atoms with Crippen molar-refractivity contribution in [3.8, 4) is 0 Å². The number of nitrogens with zero attached hydrogens (tertiary/aromatic N) is 1. The van der Waals surface area contributed by atoms with Crippen LogP contribution in [0.1, 0.15) is 22.2 Å². The summed E-state index contributed by atoms with van der Waals surface area (Å²) in [5.41, 5.74) is 1.06. The molecule has 26 heavy (non-hydrogen) atoms. The van der Waals surface area contributed by atoms with Crippen LogP contribution in [0.3, 0.4) is 0 Å². The van der Waals surface area contributed by atoms with E-state index >= 15 is 0 Å². The van der Waals surface area contributed by atoms with Crippen LogP contribution in [-0.2, 0) is 11.3 Å². The highest BCUT2D eigenvalue weighted by Crippen LogP contribution is 2.34. The molecule has 0 saturated heterocycles. The molecule has 0 atom stereocenters. The van der Waals surface area contributed by atoms with Crippen LogP contribution < -0.4 is 5.32 Å². The van der Waals surface area contributed by atoms with Crippen LogP contribution in [-0.4, -0.2) is 29.8 Å². The number of benzene rings is 2. The number of hydrogen-bond donors (Lipinski definition) is 1. The maximum absolute atomic E-state index is 12.5. The van der Waals surface area contributed by atoms with Gasteiger partial charge in [0.2, 0.25) is 5.91 Å². The Morgan fingerprint density at radius 3 is 2.46 bits per heavy atom. The van der Waals surface area contributed by atoms with Gasteiger partial charge in [-0.15, -0.1) is 11.3 Å². The maximum atomic E-state index is 12.5. The second-order valence-electron chi connectivity index (χ2n) is 5.82. The average Bonchev–Trinajstić information content (AvgIpc) is 3.02. The van der Waals surface area contributed by atoms with Crippen LogP contribution in [0.2, 0.25) is 5.02 Å². The topological polar surface area (TPSA) is 49.4 Å². The number of likely N-dealkylation sites (N-methyl/N-ethyl adjacent to an activating group) is 1. The van der Waals surface area contributed by atoms with Crippen LogP contribution in [0, 0.1) is 0 Å². The van der Waals surface area contributed by atoms with Gasteiger partial charge in [0, 0.05) is 23.2 Å². The lowest BCUT2D eigenvalue weighted by Gasteiger charge is -2.21. The number of halogens is 1. The first kappa shape index (κ1) is 18.4. The Morgan fingerprint density at radius 2 is 1.77 bits per heavy atom. The number of carbonyl (C=O) groups excluding carboxylic acids is 2. The minimum Gasteiger partial charge on any atom is -0.342 e. The first-order chi connectivity index (χ1) is 12.6. The lowest BCUT2D eigenvalue weighted by Crippen LogP contribution is -2.39. The third-order valence-corrected chi connectivity index (χ3v) is 5.77. The zero-order chi connectivity index (χ0) is 18.5. The van der Waals surface area contributed by atoms with Crippen LogP contribution in [0.4, 0.5) is 0 Å². The van der Waals surface area contributed by atoms with E-state index in [4.69, 9.17) is 11.6 Å². The van der Waals surface area contributed by atoms with E-state index in [2.05, 4.69) is 5.32 Å². The molecule has 0 aliphatic carbocycles. The van der Waals surface area contributed by atoms with Gasteiger partial charge in [-0.25, -0.2) is 0 Å². The van der Waals surface area contributed by atoms with E-state index in [-0.39, 0.29) is 18.4 Å². The van der Waals surface area contributed by atoms with Gasteiger partial charge in [-0.05, 0) is 18.6 Å². The molecule has 1 heterocycles. The van der Waals surface area contributed by atoms with Gasteiger partial charge in [0.05, 0.1) is 11.6 Å². The van der Waals surface area contributed by atoms with Crippen molar-refractivity contribution in [1.82, 2.24) is 10.2 Å². The minimum absolute atomic E-state index is 0.0515. The predicted octanol–water partition coefficient (Wildman–Crippen LogP) is 4.33. The van der Waals surface area contributed by atoms with Crippen molar-refractivity contribution in [3.05, 3.63) is 70.1 Å². The summed E-state index contributed by atoms with van der Waals surface area (Å²) in [5.74, 6) is -0.442. The second-order valence-corrected chi connectivity index (χ2v) is 7.25. The van der Waals surface area contributed by atoms with E-state index < -0.39 is 0 Å². The van der Waals surface area contributed by atoms with Crippen molar-refractivity contribution in [1.29, 1.82) is 0 Å². The van der Waals surface area contributed by atoms with Gasteiger partial charge in [-0.3, -0.25) is 9.59 Å². The van der Waals surface area contributed by atoms with Gasteiger partial charge in [0.1, 0.15) is 4.88 Å². The fourth-order valence-electron chi connectivity index (χ4n) is 2.69. The largest absolute Gasteiger partial charge is 0.342 e. The second kappa shape index (κ2) is 8.34. The Bertz CT molecular complexity index is 924. The highest BCUT2D eigenvalue weighted by atomic mass is 35.5. The molecule has 0 spiro atoms. The molecular formula is C20H19ClN2O2S. The van der Waals surface area contributed by atoms with Gasteiger partial charge < -0.3 is 10.2 Å². The Hall–Kier alpha value is -2.37. The molecule has 2 aromatic carbocycles. The fraction of sp³-hybridized carbons (Fsp3) is 0.200. The van der Waals surface area contributed by atoms with Crippen molar-refractivity contribution < 1.29 is 9.59 Å². The van der Waals surface area contributed by atoms with Crippen molar-refractivity contribution in [2.45, 2.75) is 13.5 Å². The molecule has 4 nitrogen and oxygen atoms in total. The summed E-state index contributed by atoms with van der Waals surface area (Å²) in [7, 11) is 0. The number of fused-ring (bicyclic) bond motifs is 1. The van der Waals surface area contributed by atoms with Crippen LogP contribution >= 0.6 is 22.9 Å². The zero-order valence-electron chi connectivity index (χ0n) is 14.4. The summed E-state index contributed by atoms with van der Waals surface area (Å²) in [6.07, 6.45) is 0. The summed E-state index contributed by atoms with van der Waals surface area (Å²) >= 11 is 7.65. The SMILES string of the molecule is CCN(Cc1ccccc1)C(=O)CNC(=O)c1sc2ccccc2c1Cl. The molecular weight excluding hydrogens is 368 g/mol. The smallest absolute Gasteiger partial charge is 0.263 e. The molecule has 0 saturated carbocycles. The molecule has 0 aliphatic heterocycles. The number of nitrogens with one attached hydrogen (secondary N) is 1. The molecule has 3 aromatic rings. The Labute approximate surface area is 161 Å². The third-order valence-electron chi connectivity index (χ3n) is 4.09. The standard InChI is InChI=1S/C20H19ClN2O2S/c1-2-23(13-14-8-4-3-5-9-14)17(24)12-22-20(25)19-18(21)15-10-6-7-11-16(15)26-19/h3-11H,2,12-13H2,1H3,(H,22,25). The van der Waals surface area contributed by atoms with Gasteiger partial charge in [-0.2, -0.15) is 0 Å². The first-order valence-corrected chi connectivity index (χ1v) is 9.56. The first-order valence-electron chi connectivity index (χ1n) is 8.37. The number of rotatable bonds is 6. The molecule has 0 fully saturated rings. The summed E-state index contributed by atoms with van der Waals surface area (Å²) in [4.78, 5) is 27.1. The van der Waals surface area contributed by atoms with Crippen molar-refractivity contribution >= 4 is 44.8 Å². The lowest BCUT2D eigenvalue weighted by molar-refractivity contribution is -0.130. The molecule has 134 valence electrons. The monoisotopic (exact) mass is 386 g/mol. The lowest BCUT2D eigenvalue weighted by atomic mass is 10.2.